The largest absolute Gasteiger partial charge is 0.496 e. The van der Waals surface area contributed by atoms with Gasteiger partial charge in [-0.05, 0) is 42.2 Å². The normalized spacial score (nSPS) is 11.5. The van der Waals surface area contributed by atoms with Crippen molar-refractivity contribution >= 4 is 0 Å². The monoisotopic (exact) mass is 433 g/mol. The first-order valence-corrected chi connectivity index (χ1v) is 9.92. The summed E-state index contributed by atoms with van der Waals surface area (Å²) in [6, 6.07) is 10.5. The van der Waals surface area contributed by atoms with E-state index < -0.39 is 17.6 Å². The second-order valence-corrected chi connectivity index (χ2v) is 6.97. The topological polar surface area (TPSA) is 31.4 Å². The summed E-state index contributed by atoms with van der Waals surface area (Å²) in [6.45, 7) is 4.08. The van der Waals surface area contributed by atoms with Crippen LogP contribution in [0.3, 0.4) is 0 Å². The van der Waals surface area contributed by atoms with Crippen LogP contribution in [0.5, 0.6) is 11.5 Å². The van der Waals surface area contributed by atoms with Crippen LogP contribution in [0.4, 0.5) is 17.6 Å². The van der Waals surface area contributed by atoms with Gasteiger partial charge in [-0.2, -0.15) is 13.2 Å². The fourth-order valence-electron chi connectivity index (χ4n) is 3.44. The number of benzene rings is 2. The van der Waals surface area contributed by atoms with E-state index in [4.69, 9.17) is 9.47 Å². The molecule has 0 aliphatic heterocycles. The van der Waals surface area contributed by atoms with E-state index in [1.54, 1.807) is 12.3 Å². The molecule has 0 N–H and O–H groups in total. The van der Waals surface area contributed by atoms with Gasteiger partial charge in [-0.1, -0.05) is 32.0 Å². The summed E-state index contributed by atoms with van der Waals surface area (Å²) in [4.78, 5) is 4.56. The highest BCUT2D eigenvalue weighted by Crippen LogP contribution is 2.35. The van der Waals surface area contributed by atoms with Gasteiger partial charge in [-0.25, -0.2) is 4.39 Å². The minimum atomic E-state index is -4.80. The molecule has 0 bridgehead atoms. The maximum Gasteiger partial charge on any atom is 0.419 e. The zero-order valence-corrected chi connectivity index (χ0v) is 17.5. The van der Waals surface area contributed by atoms with Crippen LogP contribution in [0.15, 0.2) is 48.7 Å². The van der Waals surface area contributed by atoms with E-state index in [-0.39, 0.29) is 12.4 Å². The third-order valence-corrected chi connectivity index (χ3v) is 5.06. The molecule has 3 aromatic rings. The molecule has 0 aliphatic rings. The number of alkyl halides is 3. The summed E-state index contributed by atoms with van der Waals surface area (Å²) in [7, 11) is 1.51. The van der Waals surface area contributed by atoms with E-state index in [1.165, 1.54) is 18.2 Å². The van der Waals surface area contributed by atoms with Gasteiger partial charge in [-0.3, -0.25) is 4.98 Å². The van der Waals surface area contributed by atoms with Crippen LogP contribution in [0.1, 0.15) is 36.1 Å². The molecule has 1 aromatic heterocycles. The van der Waals surface area contributed by atoms with Gasteiger partial charge >= 0.3 is 6.18 Å². The summed E-state index contributed by atoms with van der Waals surface area (Å²) < 4.78 is 63.2. The third-order valence-electron chi connectivity index (χ3n) is 5.06. The third kappa shape index (κ3) is 4.98. The van der Waals surface area contributed by atoms with Crippen LogP contribution in [-0.4, -0.2) is 12.1 Å². The SMILES string of the molecule is CCc1cccc(CC)c1-c1cc(OC)c(COc2ccc(F)c(C(F)(F)F)c2)cn1. The van der Waals surface area contributed by atoms with Crippen molar-refractivity contribution in [1.82, 2.24) is 4.98 Å². The number of aromatic nitrogens is 1. The highest BCUT2D eigenvalue weighted by molar-refractivity contribution is 5.69. The van der Waals surface area contributed by atoms with Crippen molar-refractivity contribution in [3.63, 3.8) is 0 Å². The van der Waals surface area contributed by atoms with Crippen molar-refractivity contribution in [3.05, 3.63) is 76.7 Å². The zero-order chi connectivity index (χ0) is 22.6. The summed E-state index contributed by atoms with van der Waals surface area (Å²) in [5, 5.41) is 0. The second kappa shape index (κ2) is 9.37. The molecule has 1 heterocycles. The van der Waals surface area contributed by atoms with Crippen molar-refractivity contribution in [3.8, 4) is 22.8 Å². The first-order chi connectivity index (χ1) is 14.8. The summed E-state index contributed by atoms with van der Waals surface area (Å²) in [6.07, 6.45) is -1.50. The smallest absolute Gasteiger partial charge is 0.419 e. The lowest BCUT2D eigenvalue weighted by atomic mass is 9.94. The molecule has 0 aliphatic carbocycles. The number of methoxy groups -OCH3 is 1. The van der Waals surface area contributed by atoms with Gasteiger partial charge in [-0.15, -0.1) is 0 Å². The Bertz CT molecular complexity index is 1040. The molecule has 0 spiro atoms. The average Bonchev–Trinajstić information content (AvgIpc) is 2.77. The number of aryl methyl sites for hydroxylation is 2. The zero-order valence-electron chi connectivity index (χ0n) is 17.5. The van der Waals surface area contributed by atoms with E-state index in [9.17, 15) is 17.6 Å². The molecule has 0 saturated carbocycles. The maximum absolute atomic E-state index is 13.5. The number of halogens is 4. The van der Waals surface area contributed by atoms with E-state index in [2.05, 4.69) is 31.0 Å². The molecule has 3 nitrogen and oxygen atoms in total. The number of rotatable bonds is 7. The Balaban J connectivity index is 1.89. The average molecular weight is 433 g/mol. The molecule has 0 fully saturated rings. The Morgan fingerprint density at radius 2 is 1.61 bits per heavy atom. The van der Waals surface area contributed by atoms with Crippen molar-refractivity contribution < 1.29 is 27.0 Å². The van der Waals surface area contributed by atoms with Gasteiger partial charge in [0.25, 0.3) is 0 Å². The fourth-order valence-corrected chi connectivity index (χ4v) is 3.44. The Morgan fingerprint density at radius 1 is 0.935 bits per heavy atom. The summed E-state index contributed by atoms with van der Waals surface area (Å²) in [5.41, 5.74) is 3.36. The lowest BCUT2D eigenvalue weighted by Crippen LogP contribution is -2.09. The van der Waals surface area contributed by atoms with Crippen LogP contribution in [0, 0.1) is 5.82 Å². The van der Waals surface area contributed by atoms with Crippen LogP contribution in [0.2, 0.25) is 0 Å². The quantitative estimate of drug-likeness (QED) is 0.393. The predicted molar refractivity (Wildman–Crippen MR) is 111 cm³/mol. The first-order valence-electron chi connectivity index (χ1n) is 9.92. The number of pyridine rings is 1. The van der Waals surface area contributed by atoms with Gasteiger partial charge in [0.2, 0.25) is 0 Å². The Kier molecular flexibility index (Phi) is 6.83. The fraction of sp³-hybridized carbons (Fsp3) is 0.292. The van der Waals surface area contributed by atoms with Gasteiger partial charge in [0.05, 0.1) is 18.4 Å². The molecule has 0 unspecified atom stereocenters. The van der Waals surface area contributed by atoms with Gasteiger partial charge < -0.3 is 9.47 Å². The van der Waals surface area contributed by atoms with Crippen LogP contribution in [-0.2, 0) is 25.6 Å². The van der Waals surface area contributed by atoms with Gasteiger partial charge in [0.1, 0.15) is 23.9 Å². The molecule has 31 heavy (non-hydrogen) atoms. The van der Waals surface area contributed by atoms with E-state index in [0.29, 0.717) is 17.4 Å². The molecular weight excluding hydrogens is 410 g/mol. The Morgan fingerprint density at radius 3 is 2.19 bits per heavy atom. The molecule has 7 heteroatoms. The van der Waals surface area contributed by atoms with Crippen molar-refractivity contribution in [1.29, 1.82) is 0 Å². The first kappa shape index (κ1) is 22.6. The lowest BCUT2D eigenvalue weighted by molar-refractivity contribution is -0.140. The number of nitrogens with zero attached hydrogens (tertiary/aromatic N) is 1. The Labute approximate surface area is 178 Å². The Hall–Kier alpha value is -3.09. The number of ether oxygens (including phenoxy) is 2. The molecule has 0 saturated heterocycles. The minimum Gasteiger partial charge on any atom is -0.496 e. The molecule has 0 amide bonds. The minimum absolute atomic E-state index is 0.0740. The van der Waals surface area contributed by atoms with E-state index in [1.807, 2.05) is 6.07 Å². The summed E-state index contributed by atoms with van der Waals surface area (Å²) >= 11 is 0. The van der Waals surface area contributed by atoms with Crippen molar-refractivity contribution in [2.24, 2.45) is 0 Å². The standard InChI is InChI=1S/C24H23F4NO2/c1-4-15-7-6-8-16(5-2)23(15)21-12-22(30-3)17(13-29-21)14-31-18-9-10-20(25)19(11-18)24(26,27)28/h6-13H,4-5,14H2,1-3H3. The van der Waals surface area contributed by atoms with Crippen LogP contribution < -0.4 is 9.47 Å². The molecule has 3 rings (SSSR count). The molecular formula is C24H23F4NO2. The maximum atomic E-state index is 13.5. The molecule has 164 valence electrons. The van der Waals surface area contributed by atoms with Gasteiger partial charge in [0, 0.05) is 23.4 Å². The van der Waals surface area contributed by atoms with E-state index >= 15 is 0 Å². The molecule has 0 radical (unpaired) electrons. The highest BCUT2D eigenvalue weighted by atomic mass is 19.4. The van der Waals surface area contributed by atoms with Gasteiger partial charge in [0.15, 0.2) is 0 Å². The van der Waals surface area contributed by atoms with Crippen LogP contribution >= 0.6 is 0 Å². The predicted octanol–water partition coefficient (Wildman–Crippen LogP) is 6.62. The second-order valence-electron chi connectivity index (χ2n) is 6.97. The number of hydrogen-bond donors (Lipinski definition) is 0. The molecule has 2 aromatic carbocycles. The van der Waals surface area contributed by atoms with E-state index in [0.717, 1.165) is 36.2 Å². The van der Waals surface area contributed by atoms with Crippen LogP contribution in [0.25, 0.3) is 11.3 Å². The highest BCUT2D eigenvalue weighted by Gasteiger charge is 2.34. The van der Waals surface area contributed by atoms with Crippen molar-refractivity contribution in [2.75, 3.05) is 7.11 Å². The lowest BCUT2D eigenvalue weighted by Gasteiger charge is -2.16. The number of hydrogen-bond acceptors (Lipinski definition) is 3. The summed E-state index contributed by atoms with van der Waals surface area (Å²) in [5.74, 6) is -0.926. The molecule has 0 atom stereocenters. The van der Waals surface area contributed by atoms with Crippen molar-refractivity contribution in [2.45, 2.75) is 39.5 Å².